The minimum atomic E-state index is 0.832. The summed E-state index contributed by atoms with van der Waals surface area (Å²) in [6.45, 7) is 8.37. The third-order valence-electron chi connectivity index (χ3n) is 3.23. The quantitative estimate of drug-likeness (QED) is 0.781. The van der Waals surface area contributed by atoms with E-state index >= 15 is 0 Å². The first-order chi connectivity index (χ1) is 8.13. The van der Waals surface area contributed by atoms with Crippen molar-refractivity contribution in [3.8, 4) is 11.3 Å². The summed E-state index contributed by atoms with van der Waals surface area (Å²) < 4.78 is 0. The molecule has 0 radical (unpaired) electrons. The van der Waals surface area contributed by atoms with Crippen LogP contribution in [0, 0.1) is 20.8 Å². The molecule has 0 spiro atoms. The van der Waals surface area contributed by atoms with Crippen LogP contribution >= 0.6 is 0 Å². The lowest BCUT2D eigenvalue weighted by Gasteiger charge is -2.11. The van der Waals surface area contributed by atoms with Crippen molar-refractivity contribution in [3.05, 3.63) is 46.9 Å². The van der Waals surface area contributed by atoms with Gasteiger partial charge in [-0.2, -0.15) is 0 Å². The first-order valence-electron chi connectivity index (χ1n) is 6.02. The van der Waals surface area contributed by atoms with Gasteiger partial charge in [-0.05, 0) is 43.9 Å². The van der Waals surface area contributed by atoms with Gasteiger partial charge >= 0.3 is 0 Å². The van der Waals surface area contributed by atoms with E-state index < -0.39 is 0 Å². The Balaban J connectivity index is 2.67. The van der Waals surface area contributed by atoms with Gasteiger partial charge in [0.25, 0.3) is 0 Å². The first kappa shape index (κ1) is 11.8. The Morgan fingerprint density at radius 1 is 1.12 bits per heavy atom. The van der Waals surface area contributed by atoms with E-state index in [-0.39, 0.29) is 0 Å². The van der Waals surface area contributed by atoms with E-state index in [1.165, 1.54) is 22.3 Å². The van der Waals surface area contributed by atoms with Gasteiger partial charge in [0.05, 0.1) is 5.69 Å². The summed E-state index contributed by atoms with van der Waals surface area (Å²) in [5.74, 6) is 0.832. The van der Waals surface area contributed by atoms with Crippen LogP contribution in [0.5, 0.6) is 0 Å². The van der Waals surface area contributed by atoms with Crippen molar-refractivity contribution in [1.82, 2.24) is 9.97 Å². The molecule has 1 heterocycles. The van der Waals surface area contributed by atoms with E-state index in [0.29, 0.717) is 0 Å². The Morgan fingerprint density at radius 3 is 2.59 bits per heavy atom. The van der Waals surface area contributed by atoms with Crippen molar-refractivity contribution in [2.45, 2.75) is 34.1 Å². The summed E-state index contributed by atoms with van der Waals surface area (Å²) in [4.78, 5) is 8.88. The predicted octanol–water partition coefficient (Wildman–Crippen LogP) is 3.63. The molecule has 0 atom stereocenters. The van der Waals surface area contributed by atoms with E-state index in [9.17, 15) is 0 Å². The summed E-state index contributed by atoms with van der Waals surface area (Å²) in [5.41, 5.74) is 6.14. The summed E-state index contributed by atoms with van der Waals surface area (Å²) in [7, 11) is 0. The number of aromatic nitrogens is 2. The highest BCUT2D eigenvalue weighted by Crippen LogP contribution is 2.26. The zero-order valence-corrected chi connectivity index (χ0v) is 10.9. The first-order valence-corrected chi connectivity index (χ1v) is 6.02. The van der Waals surface area contributed by atoms with Crippen LogP contribution in [0.1, 0.15) is 29.4 Å². The summed E-state index contributed by atoms with van der Waals surface area (Å²) in [5, 5.41) is 0. The Bertz CT molecular complexity index is 545. The molecule has 17 heavy (non-hydrogen) atoms. The van der Waals surface area contributed by atoms with Crippen molar-refractivity contribution in [2.24, 2.45) is 0 Å². The van der Waals surface area contributed by atoms with Gasteiger partial charge in [-0.3, -0.25) is 0 Å². The highest BCUT2D eigenvalue weighted by molar-refractivity contribution is 5.67. The van der Waals surface area contributed by atoms with Gasteiger partial charge in [-0.1, -0.05) is 25.1 Å². The van der Waals surface area contributed by atoms with Crippen LogP contribution in [-0.2, 0) is 6.42 Å². The normalized spacial score (nSPS) is 10.6. The van der Waals surface area contributed by atoms with Crippen LogP contribution < -0.4 is 0 Å². The van der Waals surface area contributed by atoms with E-state index in [2.05, 4.69) is 48.9 Å². The fourth-order valence-electron chi connectivity index (χ4n) is 1.99. The second-order valence-electron chi connectivity index (χ2n) is 4.39. The minimum absolute atomic E-state index is 0.832. The maximum absolute atomic E-state index is 4.61. The molecule has 0 aliphatic carbocycles. The van der Waals surface area contributed by atoms with E-state index in [4.69, 9.17) is 0 Å². The molecule has 0 saturated heterocycles. The van der Waals surface area contributed by atoms with E-state index in [0.717, 1.165) is 17.9 Å². The van der Waals surface area contributed by atoms with Crippen LogP contribution in [0.3, 0.4) is 0 Å². The number of hydrogen-bond donors (Lipinski definition) is 0. The molecule has 2 heteroatoms. The average molecular weight is 226 g/mol. The molecule has 1 aromatic heterocycles. The molecule has 88 valence electrons. The van der Waals surface area contributed by atoms with Gasteiger partial charge in [-0.15, -0.1) is 0 Å². The Morgan fingerprint density at radius 2 is 1.88 bits per heavy atom. The summed E-state index contributed by atoms with van der Waals surface area (Å²) in [6.07, 6.45) is 2.91. The lowest BCUT2D eigenvalue weighted by atomic mass is 9.97. The molecule has 0 fully saturated rings. The molecule has 2 rings (SSSR count). The van der Waals surface area contributed by atoms with Crippen LogP contribution in [0.15, 0.2) is 24.4 Å². The minimum Gasteiger partial charge on any atom is -0.241 e. The topological polar surface area (TPSA) is 25.8 Å². The van der Waals surface area contributed by atoms with Gasteiger partial charge in [0.1, 0.15) is 5.82 Å². The van der Waals surface area contributed by atoms with Crippen LogP contribution in [0.4, 0.5) is 0 Å². The zero-order chi connectivity index (χ0) is 12.4. The van der Waals surface area contributed by atoms with Crippen LogP contribution in [-0.4, -0.2) is 9.97 Å². The third-order valence-corrected chi connectivity index (χ3v) is 3.23. The molecule has 0 aliphatic heterocycles. The van der Waals surface area contributed by atoms with Crippen molar-refractivity contribution in [3.63, 3.8) is 0 Å². The van der Waals surface area contributed by atoms with Crippen LogP contribution in [0.2, 0.25) is 0 Å². The molecule has 0 aliphatic rings. The average Bonchev–Trinajstić information content (AvgIpc) is 2.33. The third kappa shape index (κ3) is 2.21. The number of benzene rings is 1. The highest BCUT2D eigenvalue weighted by atomic mass is 14.9. The number of aryl methyl sites for hydroxylation is 3. The van der Waals surface area contributed by atoms with Crippen molar-refractivity contribution in [2.75, 3.05) is 0 Å². The Hall–Kier alpha value is -1.70. The molecule has 0 bridgehead atoms. The maximum Gasteiger partial charge on any atom is 0.125 e. The fourth-order valence-corrected chi connectivity index (χ4v) is 1.99. The molecule has 1 aromatic carbocycles. The van der Waals surface area contributed by atoms with Crippen LogP contribution in [0.25, 0.3) is 11.3 Å². The van der Waals surface area contributed by atoms with Gasteiger partial charge in [-0.25, -0.2) is 9.97 Å². The largest absolute Gasteiger partial charge is 0.241 e. The molecule has 0 N–H and O–H groups in total. The standard InChI is InChI=1S/C15H18N2/c1-5-13-9-16-12(4)17-15(13)14-8-6-7-10(2)11(14)3/h6-9H,5H2,1-4H3. The molecular formula is C15H18N2. The second-order valence-corrected chi connectivity index (χ2v) is 4.39. The molecule has 0 saturated carbocycles. The van der Waals surface area contributed by atoms with Gasteiger partial charge in [0, 0.05) is 11.8 Å². The summed E-state index contributed by atoms with van der Waals surface area (Å²) in [6, 6.07) is 6.37. The van der Waals surface area contributed by atoms with Crippen molar-refractivity contribution in [1.29, 1.82) is 0 Å². The maximum atomic E-state index is 4.61. The van der Waals surface area contributed by atoms with E-state index in [1.807, 2.05) is 13.1 Å². The smallest absolute Gasteiger partial charge is 0.125 e. The lowest BCUT2D eigenvalue weighted by molar-refractivity contribution is 0.994. The van der Waals surface area contributed by atoms with Gasteiger partial charge in [0.15, 0.2) is 0 Å². The summed E-state index contributed by atoms with van der Waals surface area (Å²) >= 11 is 0. The second kappa shape index (κ2) is 4.66. The van der Waals surface area contributed by atoms with Gasteiger partial charge < -0.3 is 0 Å². The predicted molar refractivity (Wildman–Crippen MR) is 71.1 cm³/mol. The highest BCUT2D eigenvalue weighted by Gasteiger charge is 2.10. The molecule has 0 amide bonds. The number of hydrogen-bond acceptors (Lipinski definition) is 2. The van der Waals surface area contributed by atoms with Gasteiger partial charge in [0.2, 0.25) is 0 Å². The fraction of sp³-hybridized carbons (Fsp3) is 0.333. The number of rotatable bonds is 2. The Labute approximate surface area is 103 Å². The molecule has 2 aromatic rings. The molecule has 0 unspecified atom stereocenters. The monoisotopic (exact) mass is 226 g/mol. The Kier molecular flexibility index (Phi) is 3.23. The molecule has 2 nitrogen and oxygen atoms in total. The van der Waals surface area contributed by atoms with Crippen molar-refractivity contribution >= 4 is 0 Å². The number of nitrogens with zero attached hydrogens (tertiary/aromatic N) is 2. The van der Waals surface area contributed by atoms with Crippen molar-refractivity contribution < 1.29 is 0 Å². The zero-order valence-electron chi connectivity index (χ0n) is 10.9. The molecular weight excluding hydrogens is 208 g/mol. The van der Waals surface area contributed by atoms with E-state index in [1.54, 1.807) is 0 Å². The SMILES string of the molecule is CCc1cnc(C)nc1-c1cccc(C)c1C. The lowest BCUT2D eigenvalue weighted by Crippen LogP contribution is -1.99.